The second kappa shape index (κ2) is 6.94. The highest BCUT2D eigenvalue weighted by Crippen LogP contribution is 2.38. The van der Waals surface area contributed by atoms with E-state index >= 15 is 0 Å². The molecule has 0 spiro atoms. The molecule has 1 aliphatic heterocycles. The first-order valence-electron chi connectivity index (χ1n) is 8.85. The van der Waals surface area contributed by atoms with Gasteiger partial charge in [-0.3, -0.25) is 4.99 Å². The number of carbonyl (C=O) groups is 1. The molecule has 2 aromatic carbocycles. The number of aromatic nitrogens is 1. The van der Waals surface area contributed by atoms with Crippen LogP contribution in [0.15, 0.2) is 64.3 Å². The van der Waals surface area contributed by atoms with Crippen molar-refractivity contribution in [1.82, 2.24) is 10.3 Å². The van der Waals surface area contributed by atoms with Crippen molar-refractivity contribution in [2.24, 2.45) is 4.99 Å². The number of fused-ring (bicyclic) bond motifs is 2. The van der Waals surface area contributed by atoms with Gasteiger partial charge in [0.2, 0.25) is 5.89 Å². The topological polar surface area (TPSA) is 79.5 Å². The molecule has 0 radical (unpaired) electrons. The second-order valence-electron chi connectivity index (χ2n) is 6.44. The Hall–Kier alpha value is -3.45. The van der Waals surface area contributed by atoms with Gasteiger partial charge in [0.15, 0.2) is 0 Å². The number of nitrogens with one attached hydrogen (secondary N) is 2. The Balaban J connectivity index is 1.44. The quantitative estimate of drug-likeness (QED) is 0.526. The second-order valence-corrected chi connectivity index (χ2v) is 7.53. The van der Waals surface area contributed by atoms with E-state index in [0.717, 1.165) is 16.8 Å². The van der Waals surface area contributed by atoms with Crippen molar-refractivity contribution in [2.75, 3.05) is 5.32 Å². The molecule has 0 aliphatic carbocycles. The molecule has 6 nitrogen and oxygen atoms in total. The highest BCUT2D eigenvalue weighted by Gasteiger charge is 2.17. The lowest BCUT2D eigenvalue weighted by molar-refractivity contribution is 0.250. The molecule has 5 rings (SSSR count). The first-order valence-corrected chi connectivity index (χ1v) is 9.67. The van der Waals surface area contributed by atoms with Crippen molar-refractivity contribution in [2.45, 2.75) is 13.1 Å². The zero-order valence-electron chi connectivity index (χ0n) is 14.8. The molecule has 4 aromatic rings. The van der Waals surface area contributed by atoms with Crippen LogP contribution in [0.3, 0.4) is 0 Å². The van der Waals surface area contributed by atoms with Crippen LogP contribution in [-0.2, 0) is 13.1 Å². The maximum absolute atomic E-state index is 12.3. The number of rotatable bonds is 4. The van der Waals surface area contributed by atoms with Crippen molar-refractivity contribution in [3.8, 4) is 10.4 Å². The maximum Gasteiger partial charge on any atom is 0.319 e. The number of thiophene rings is 1. The summed E-state index contributed by atoms with van der Waals surface area (Å²) < 4.78 is 6.37. The Bertz CT molecular complexity index is 1160. The third kappa shape index (κ3) is 3.16. The standard InChI is InChI=1S/C21H16N4O2S/c26-21(24-12-20-23-5-6-27-20)25-15-7-14-10-22-11-17(14)16(9-15)19-8-13-3-1-2-4-18(13)28-19/h1-10H,11-12H2,(H2,24,25,26). The Morgan fingerprint density at radius 3 is 3.00 bits per heavy atom. The van der Waals surface area contributed by atoms with Crippen LogP contribution in [0.25, 0.3) is 20.5 Å². The summed E-state index contributed by atoms with van der Waals surface area (Å²) in [7, 11) is 0. The van der Waals surface area contributed by atoms with Gasteiger partial charge in [0.05, 0.1) is 19.3 Å². The molecule has 138 valence electrons. The van der Waals surface area contributed by atoms with E-state index in [2.05, 4.69) is 38.8 Å². The Kier molecular flexibility index (Phi) is 4.14. The lowest BCUT2D eigenvalue weighted by Crippen LogP contribution is -2.28. The van der Waals surface area contributed by atoms with Crippen LogP contribution in [0.5, 0.6) is 0 Å². The lowest BCUT2D eigenvalue weighted by Gasteiger charge is -2.11. The minimum absolute atomic E-state index is 0.231. The van der Waals surface area contributed by atoms with Crippen molar-refractivity contribution < 1.29 is 9.21 Å². The van der Waals surface area contributed by atoms with Crippen LogP contribution in [0.1, 0.15) is 17.0 Å². The fraction of sp³-hybridized carbons (Fsp3) is 0.0952. The van der Waals surface area contributed by atoms with Gasteiger partial charge in [0.25, 0.3) is 0 Å². The van der Waals surface area contributed by atoms with Gasteiger partial charge in [0, 0.05) is 27.0 Å². The smallest absolute Gasteiger partial charge is 0.319 e. The fourth-order valence-electron chi connectivity index (χ4n) is 3.30. The molecule has 0 fully saturated rings. The summed E-state index contributed by atoms with van der Waals surface area (Å²) in [6.07, 6.45) is 4.89. The first-order chi connectivity index (χ1) is 13.8. The van der Waals surface area contributed by atoms with Gasteiger partial charge in [0.1, 0.15) is 6.26 Å². The lowest BCUT2D eigenvalue weighted by atomic mass is 10.0. The van der Waals surface area contributed by atoms with Crippen LogP contribution in [-0.4, -0.2) is 17.2 Å². The number of hydrogen-bond acceptors (Lipinski definition) is 5. The molecule has 7 heteroatoms. The summed E-state index contributed by atoms with van der Waals surface area (Å²) in [5, 5.41) is 6.87. The minimum Gasteiger partial charge on any atom is -0.447 e. The number of benzene rings is 2. The Labute approximate surface area is 164 Å². The molecule has 0 saturated heterocycles. The Morgan fingerprint density at radius 2 is 2.14 bits per heavy atom. The summed E-state index contributed by atoms with van der Waals surface area (Å²) in [4.78, 5) is 21.9. The van der Waals surface area contributed by atoms with E-state index in [1.54, 1.807) is 17.5 Å². The number of nitrogens with zero attached hydrogens (tertiary/aromatic N) is 2. The van der Waals surface area contributed by atoms with Crippen LogP contribution in [0.2, 0.25) is 0 Å². The van der Waals surface area contributed by atoms with E-state index in [1.807, 2.05) is 30.5 Å². The fourth-order valence-corrected chi connectivity index (χ4v) is 4.41. The zero-order chi connectivity index (χ0) is 18.9. The number of aliphatic imine (C=N–C) groups is 1. The number of amides is 2. The van der Waals surface area contributed by atoms with E-state index in [1.165, 1.54) is 26.8 Å². The van der Waals surface area contributed by atoms with Crippen LogP contribution < -0.4 is 10.6 Å². The number of oxazole rings is 1. The van der Waals surface area contributed by atoms with Gasteiger partial charge in [-0.25, -0.2) is 9.78 Å². The zero-order valence-corrected chi connectivity index (χ0v) is 15.6. The average Bonchev–Trinajstić information content (AvgIpc) is 3.45. The molecule has 0 unspecified atom stereocenters. The van der Waals surface area contributed by atoms with Crippen LogP contribution in [0, 0.1) is 0 Å². The Morgan fingerprint density at radius 1 is 1.21 bits per heavy atom. The van der Waals surface area contributed by atoms with E-state index in [-0.39, 0.29) is 12.6 Å². The molecule has 0 bridgehead atoms. The van der Waals surface area contributed by atoms with E-state index < -0.39 is 0 Å². The third-order valence-electron chi connectivity index (χ3n) is 4.60. The van der Waals surface area contributed by atoms with Gasteiger partial charge in [-0.1, -0.05) is 18.2 Å². The van der Waals surface area contributed by atoms with E-state index in [4.69, 9.17) is 4.42 Å². The van der Waals surface area contributed by atoms with Gasteiger partial charge in [-0.2, -0.15) is 0 Å². The predicted molar refractivity (Wildman–Crippen MR) is 111 cm³/mol. The summed E-state index contributed by atoms with van der Waals surface area (Å²) >= 11 is 1.75. The number of carbonyl (C=O) groups excluding carboxylic acids is 1. The minimum atomic E-state index is -0.310. The van der Waals surface area contributed by atoms with E-state index in [9.17, 15) is 4.79 Å². The molecular weight excluding hydrogens is 372 g/mol. The molecule has 2 N–H and O–H groups in total. The monoisotopic (exact) mass is 388 g/mol. The molecule has 0 atom stereocenters. The van der Waals surface area contributed by atoms with Gasteiger partial charge < -0.3 is 15.1 Å². The maximum atomic E-state index is 12.3. The molecular formula is C21H16N4O2S. The highest BCUT2D eigenvalue weighted by molar-refractivity contribution is 7.22. The van der Waals surface area contributed by atoms with Crippen molar-refractivity contribution in [1.29, 1.82) is 0 Å². The molecule has 2 aromatic heterocycles. The summed E-state index contributed by atoms with van der Waals surface area (Å²) in [5.74, 6) is 0.460. The van der Waals surface area contributed by atoms with Gasteiger partial charge in [-0.05, 0) is 40.8 Å². The molecule has 0 saturated carbocycles. The number of anilines is 1. The SMILES string of the molecule is O=C(NCc1ncco1)Nc1cc2c(c(-c3cc4ccccc4s3)c1)CN=C2. The van der Waals surface area contributed by atoms with Gasteiger partial charge in [-0.15, -0.1) is 11.3 Å². The molecule has 28 heavy (non-hydrogen) atoms. The molecule has 2 amide bonds. The normalized spacial score (nSPS) is 12.3. The highest BCUT2D eigenvalue weighted by atomic mass is 32.1. The average molecular weight is 388 g/mol. The van der Waals surface area contributed by atoms with Gasteiger partial charge >= 0.3 is 6.03 Å². The number of hydrogen-bond donors (Lipinski definition) is 2. The van der Waals surface area contributed by atoms with Crippen molar-refractivity contribution in [3.05, 3.63) is 71.9 Å². The van der Waals surface area contributed by atoms with Crippen molar-refractivity contribution >= 4 is 39.4 Å². The summed E-state index contributed by atoms with van der Waals surface area (Å²) in [6, 6.07) is 14.2. The molecule has 1 aliphatic rings. The third-order valence-corrected chi connectivity index (χ3v) is 5.75. The van der Waals surface area contributed by atoms with Crippen LogP contribution >= 0.6 is 11.3 Å². The first kappa shape index (κ1) is 16.7. The van der Waals surface area contributed by atoms with E-state index in [0.29, 0.717) is 12.4 Å². The largest absolute Gasteiger partial charge is 0.447 e. The van der Waals surface area contributed by atoms with Crippen LogP contribution in [0.4, 0.5) is 10.5 Å². The summed E-state index contributed by atoms with van der Waals surface area (Å²) in [5.41, 5.74) is 4.07. The number of urea groups is 1. The summed E-state index contributed by atoms with van der Waals surface area (Å²) in [6.45, 7) is 0.893. The van der Waals surface area contributed by atoms with Crippen molar-refractivity contribution in [3.63, 3.8) is 0 Å². The molecule has 3 heterocycles. The predicted octanol–water partition coefficient (Wildman–Crippen LogP) is 4.81.